The minimum Gasteiger partial charge on any atom is -0.300 e. The number of terminal acetylenes is 1. The number of carbonyl (C=O) groups is 1. The molecular weight excluding hydrogens is 254 g/mol. The zero-order chi connectivity index (χ0) is 11.4. The molecule has 2 nitrogen and oxygen atoms in total. The average molecular weight is 266 g/mol. The van der Waals surface area contributed by atoms with Crippen LogP contribution >= 0.6 is 15.9 Å². The van der Waals surface area contributed by atoms with E-state index < -0.39 is 0 Å². The number of rotatable bonds is 2. The third-order valence-electron chi connectivity index (χ3n) is 2.02. The van der Waals surface area contributed by atoms with Crippen molar-refractivity contribution in [3.63, 3.8) is 0 Å². The van der Waals surface area contributed by atoms with E-state index in [1.165, 1.54) is 6.92 Å². The third kappa shape index (κ3) is 2.84. The normalized spacial score (nSPS) is 9.47. The van der Waals surface area contributed by atoms with Crippen LogP contribution in [-0.2, 0) is 4.79 Å². The van der Waals surface area contributed by atoms with Crippen LogP contribution in [0.1, 0.15) is 12.5 Å². The maximum absolute atomic E-state index is 11.4. The van der Waals surface area contributed by atoms with Gasteiger partial charge in [-0.3, -0.25) is 9.69 Å². The first kappa shape index (κ1) is 11.8. The van der Waals surface area contributed by atoms with Crippen LogP contribution in [0.4, 0.5) is 5.69 Å². The molecule has 1 aromatic rings. The molecule has 0 aliphatic heterocycles. The van der Waals surface area contributed by atoms with Gasteiger partial charge in [-0.1, -0.05) is 12.0 Å². The quantitative estimate of drug-likeness (QED) is 0.754. The predicted molar refractivity (Wildman–Crippen MR) is 65.7 cm³/mol. The van der Waals surface area contributed by atoms with Crippen molar-refractivity contribution in [2.45, 2.75) is 13.8 Å². The summed E-state index contributed by atoms with van der Waals surface area (Å²) in [6.07, 6.45) is 5.23. The first-order chi connectivity index (χ1) is 7.06. The molecule has 1 aromatic carbocycles. The highest BCUT2D eigenvalue weighted by Gasteiger charge is 2.12. The maximum Gasteiger partial charge on any atom is 0.224 e. The molecule has 0 saturated carbocycles. The Morgan fingerprint density at radius 3 is 2.73 bits per heavy atom. The van der Waals surface area contributed by atoms with Gasteiger partial charge in [0.05, 0.1) is 12.2 Å². The van der Waals surface area contributed by atoms with E-state index in [1.807, 2.05) is 25.1 Å². The van der Waals surface area contributed by atoms with Gasteiger partial charge in [0.25, 0.3) is 0 Å². The Labute approximate surface area is 98.4 Å². The summed E-state index contributed by atoms with van der Waals surface area (Å²) in [6.45, 7) is 3.79. The first-order valence-electron chi connectivity index (χ1n) is 4.54. The zero-order valence-electron chi connectivity index (χ0n) is 8.75. The molecule has 0 N–H and O–H groups in total. The summed E-state index contributed by atoms with van der Waals surface area (Å²) in [7, 11) is 0. The van der Waals surface area contributed by atoms with E-state index in [2.05, 4.69) is 21.9 Å². The maximum atomic E-state index is 11.4. The van der Waals surface area contributed by atoms with E-state index >= 15 is 0 Å². The highest BCUT2D eigenvalue weighted by Crippen LogP contribution is 2.27. The zero-order valence-corrected chi connectivity index (χ0v) is 10.3. The Morgan fingerprint density at radius 2 is 2.27 bits per heavy atom. The van der Waals surface area contributed by atoms with Crippen LogP contribution in [0.2, 0.25) is 0 Å². The van der Waals surface area contributed by atoms with Gasteiger partial charge in [0.1, 0.15) is 0 Å². The lowest BCUT2D eigenvalue weighted by atomic mass is 10.2. The van der Waals surface area contributed by atoms with Crippen molar-refractivity contribution in [3.8, 4) is 12.3 Å². The van der Waals surface area contributed by atoms with Crippen LogP contribution < -0.4 is 4.90 Å². The summed E-state index contributed by atoms with van der Waals surface area (Å²) in [5.74, 6) is 2.42. The molecule has 0 atom stereocenters. The third-order valence-corrected chi connectivity index (χ3v) is 2.66. The standard InChI is InChI=1S/C12H12BrNO/c1-4-7-14(10(3)15)12-6-5-9(2)8-11(12)13/h1,5-6,8H,7H2,2-3H3. The summed E-state index contributed by atoms with van der Waals surface area (Å²) >= 11 is 3.42. The van der Waals surface area contributed by atoms with Gasteiger partial charge in [0, 0.05) is 11.4 Å². The fourth-order valence-corrected chi connectivity index (χ4v) is 2.00. The van der Waals surface area contributed by atoms with E-state index in [9.17, 15) is 4.79 Å². The fraction of sp³-hybridized carbons (Fsp3) is 0.250. The topological polar surface area (TPSA) is 20.3 Å². The van der Waals surface area contributed by atoms with Gasteiger partial charge in [0.2, 0.25) is 5.91 Å². The molecule has 0 aliphatic rings. The fourth-order valence-electron chi connectivity index (χ4n) is 1.29. The number of anilines is 1. The van der Waals surface area contributed by atoms with Crippen LogP contribution in [0.3, 0.4) is 0 Å². The Kier molecular flexibility index (Phi) is 3.93. The molecule has 15 heavy (non-hydrogen) atoms. The lowest BCUT2D eigenvalue weighted by Crippen LogP contribution is -2.28. The van der Waals surface area contributed by atoms with Crippen LogP contribution in [0.15, 0.2) is 22.7 Å². The van der Waals surface area contributed by atoms with Crippen LogP contribution in [0, 0.1) is 19.3 Å². The minimum atomic E-state index is -0.0579. The second-order valence-corrected chi connectivity index (χ2v) is 4.12. The number of halogens is 1. The summed E-state index contributed by atoms with van der Waals surface area (Å²) in [5, 5.41) is 0. The molecule has 1 rings (SSSR count). The smallest absolute Gasteiger partial charge is 0.224 e. The van der Waals surface area contributed by atoms with Crippen molar-refractivity contribution in [1.29, 1.82) is 0 Å². The largest absolute Gasteiger partial charge is 0.300 e. The highest BCUT2D eigenvalue weighted by atomic mass is 79.9. The van der Waals surface area contributed by atoms with Crippen LogP contribution in [0.25, 0.3) is 0 Å². The van der Waals surface area contributed by atoms with E-state index in [1.54, 1.807) is 4.90 Å². The van der Waals surface area contributed by atoms with Crippen molar-refractivity contribution in [2.24, 2.45) is 0 Å². The number of aryl methyl sites for hydroxylation is 1. The summed E-state index contributed by atoms with van der Waals surface area (Å²) in [5.41, 5.74) is 1.95. The molecule has 0 saturated heterocycles. The van der Waals surface area contributed by atoms with E-state index in [0.29, 0.717) is 0 Å². The van der Waals surface area contributed by atoms with Gasteiger partial charge in [0.15, 0.2) is 0 Å². The average Bonchev–Trinajstić information content (AvgIpc) is 2.15. The number of carbonyl (C=O) groups excluding carboxylic acids is 1. The second-order valence-electron chi connectivity index (χ2n) is 3.26. The first-order valence-corrected chi connectivity index (χ1v) is 5.33. The monoisotopic (exact) mass is 265 g/mol. The van der Waals surface area contributed by atoms with E-state index in [-0.39, 0.29) is 12.5 Å². The number of nitrogens with zero attached hydrogens (tertiary/aromatic N) is 1. The van der Waals surface area contributed by atoms with Gasteiger partial charge in [-0.15, -0.1) is 6.42 Å². The molecule has 0 heterocycles. The van der Waals surface area contributed by atoms with Gasteiger partial charge in [-0.2, -0.15) is 0 Å². The van der Waals surface area contributed by atoms with Crippen LogP contribution in [0.5, 0.6) is 0 Å². The molecular formula is C12H12BrNO. The Balaban J connectivity index is 3.12. The van der Waals surface area contributed by atoms with Gasteiger partial charge >= 0.3 is 0 Å². The van der Waals surface area contributed by atoms with Gasteiger partial charge in [-0.05, 0) is 40.5 Å². The summed E-state index contributed by atoms with van der Waals surface area (Å²) in [4.78, 5) is 12.9. The predicted octanol–water partition coefficient (Wildman–Crippen LogP) is 2.74. The van der Waals surface area contributed by atoms with Crippen molar-refractivity contribution >= 4 is 27.5 Å². The molecule has 0 aliphatic carbocycles. The Bertz CT molecular complexity index is 420. The van der Waals surface area contributed by atoms with Gasteiger partial charge < -0.3 is 0 Å². The molecule has 0 radical (unpaired) electrons. The van der Waals surface area contributed by atoms with Crippen molar-refractivity contribution < 1.29 is 4.79 Å². The van der Waals surface area contributed by atoms with Crippen LogP contribution in [-0.4, -0.2) is 12.5 Å². The Hall–Kier alpha value is -1.27. The number of benzene rings is 1. The molecule has 0 unspecified atom stereocenters. The lowest BCUT2D eigenvalue weighted by Gasteiger charge is -2.20. The van der Waals surface area contributed by atoms with E-state index in [0.717, 1.165) is 15.7 Å². The number of hydrogen-bond donors (Lipinski definition) is 0. The Morgan fingerprint density at radius 1 is 1.60 bits per heavy atom. The molecule has 0 bridgehead atoms. The lowest BCUT2D eigenvalue weighted by molar-refractivity contribution is -0.116. The van der Waals surface area contributed by atoms with Crippen molar-refractivity contribution in [3.05, 3.63) is 28.2 Å². The molecule has 0 fully saturated rings. The summed E-state index contributed by atoms with van der Waals surface area (Å²) < 4.78 is 0.882. The number of hydrogen-bond acceptors (Lipinski definition) is 1. The molecule has 1 amide bonds. The van der Waals surface area contributed by atoms with Gasteiger partial charge in [-0.25, -0.2) is 0 Å². The SMILES string of the molecule is C#CCN(C(C)=O)c1ccc(C)cc1Br. The molecule has 0 aromatic heterocycles. The minimum absolute atomic E-state index is 0.0579. The van der Waals surface area contributed by atoms with Crippen molar-refractivity contribution in [1.82, 2.24) is 0 Å². The second kappa shape index (κ2) is 4.99. The van der Waals surface area contributed by atoms with Crippen molar-refractivity contribution in [2.75, 3.05) is 11.4 Å². The van der Waals surface area contributed by atoms with E-state index in [4.69, 9.17) is 6.42 Å². The molecule has 3 heteroatoms. The molecule has 78 valence electrons. The highest BCUT2D eigenvalue weighted by molar-refractivity contribution is 9.10. The number of amides is 1. The summed E-state index contributed by atoms with van der Waals surface area (Å²) in [6, 6.07) is 5.80. The molecule has 0 spiro atoms.